The smallest absolute Gasteiger partial charge is 0.349 e. The Morgan fingerprint density at radius 1 is 1.00 bits per heavy atom. The number of amides is 1. The Kier molecular flexibility index (Phi) is 5.28. The highest BCUT2D eigenvalue weighted by Crippen LogP contribution is 2.26. The van der Waals surface area contributed by atoms with E-state index in [-0.39, 0.29) is 11.7 Å². The zero-order chi connectivity index (χ0) is 17.8. The van der Waals surface area contributed by atoms with Crippen LogP contribution in [-0.2, 0) is 9.53 Å². The number of thiophene rings is 1. The second-order valence-electron chi connectivity index (χ2n) is 5.95. The van der Waals surface area contributed by atoms with Gasteiger partial charge in [0.2, 0.25) is 6.10 Å². The molecule has 2 heterocycles. The standard InChI is InChI=1S/C19H19NO4S/c1-13(21)15-9-10-16(25-15)19(23)24-17(14-7-3-2-4-8-14)18(22)20-11-5-6-12-20/h2-4,7-10,17H,5-6,11-12H2,1H3/t17-/m1/s1. The summed E-state index contributed by atoms with van der Waals surface area (Å²) in [7, 11) is 0. The minimum Gasteiger partial charge on any atom is -0.443 e. The van der Waals surface area contributed by atoms with Gasteiger partial charge in [-0.2, -0.15) is 0 Å². The highest BCUT2D eigenvalue weighted by atomic mass is 32.1. The summed E-state index contributed by atoms with van der Waals surface area (Å²) in [6.45, 7) is 2.82. The summed E-state index contributed by atoms with van der Waals surface area (Å²) in [5.41, 5.74) is 0.649. The average molecular weight is 357 g/mol. The van der Waals surface area contributed by atoms with Gasteiger partial charge in [0.05, 0.1) is 4.88 Å². The van der Waals surface area contributed by atoms with E-state index in [9.17, 15) is 14.4 Å². The molecule has 130 valence electrons. The second-order valence-corrected chi connectivity index (χ2v) is 7.03. The quantitative estimate of drug-likeness (QED) is 0.607. The lowest BCUT2D eigenvalue weighted by Gasteiger charge is -2.23. The Balaban J connectivity index is 1.82. The summed E-state index contributed by atoms with van der Waals surface area (Å²) >= 11 is 1.08. The van der Waals surface area contributed by atoms with Gasteiger partial charge in [0.1, 0.15) is 4.88 Å². The molecule has 1 fully saturated rings. The van der Waals surface area contributed by atoms with Crippen LogP contribution in [0.2, 0.25) is 0 Å². The number of hydrogen-bond donors (Lipinski definition) is 0. The Labute approximate surface area is 150 Å². The molecule has 2 aromatic rings. The van der Waals surface area contributed by atoms with E-state index in [0.717, 1.165) is 24.2 Å². The van der Waals surface area contributed by atoms with Gasteiger partial charge in [-0.1, -0.05) is 30.3 Å². The van der Waals surface area contributed by atoms with Gasteiger partial charge < -0.3 is 9.64 Å². The van der Waals surface area contributed by atoms with Crippen molar-refractivity contribution in [2.75, 3.05) is 13.1 Å². The number of ether oxygens (including phenoxy) is 1. The van der Waals surface area contributed by atoms with Crippen LogP contribution in [0.5, 0.6) is 0 Å². The van der Waals surface area contributed by atoms with E-state index >= 15 is 0 Å². The molecule has 25 heavy (non-hydrogen) atoms. The molecule has 5 nitrogen and oxygen atoms in total. The van der Waals surface area contributed by atoms with Crippen LogP contribution in [0.25, 0.3) is 0 Å². The van der Waals surface area contributed by atoms with Crippen LogP contribution in [0.4, 0.5) is 0 Å². The van der Waals surface area contributed by atoms with Gasteiger partial charge in [0.25, 0.3) is 5.91 Å². The molecule has 0 spiro atoms. The van der Waals surface area contributed by atoms with Gasteiger partial charge in [0, 0.05) is 18.7 Å². The lowest BCUT2D eigenvalue weighted by atomic mass is 10.1. The monoisotopic (exact) mass is 357 g/mol. The predicted octanol–water partition coefficient (Wildman–Crippen LogP) is 3.47. The first kappa shape index (κ1) is 17.4. The third kappa shape index (κ3) is 3.96. The predicted molar refractivity (Wildman–Crippen MR) is 94.7 cm³/mol. The molecule has 1 aliphatic heterocycles. The fourth-order valence-corrected chi connectivity index (χ4v) is 3.58. The number of hydrogen-bond acceptors (Lipinski definition) is 5. The summed E-state index contributed by atoms with van der Waals surface area (Å²) < 4.78 is 5.56. The number of esters is 1. The second kappa shape index (κ2) is 7.61. The van der Waals surface area contributed by atoms with Gasteiger partial charge in [-0.05, 0) is 31.9 Å². The zero-order valence-corrected chi connectivity index (χ0v) is 14.8. The van der Waals surface area contributed by atoms with Crippen molar-refractivity contribution >= 4 is 29.0 Å². The van der Waals surface area contributed by atoms with E-state index in [1.54, 1.807) is 29.2 Å². The van der Waals surface area contributed by atoms with Crippen LogP contribution in [0.15, 0.2) is 42.5 Å². The first-order valence-electron chi connectivity index (χ1n) is 8.22. The largest absolute Gasteiger partial charge is 0.443 e. The van der Waals surface area contributed by atoms with Crippen LogP contribution >= 0.6 is 11.3 Å². The molecule has 1 aromatic heterocycles. The number of nitrogens with zero attached hydrogens (tertiary/aromatic N) is 1. The van der Waals surface area contributed by atoms with E-state index in [2.05, 4.69) is 0 Å². The number of rotatable bonds is 5. The maximum Gasteiger partial charge on any atom is 0.349 e. The van der Waals surface area contributed by atoms with Crippen LogP contribution in [0, 0.1) is 0 Å². The van der Waals surface area contributed by atoms with E-state index in [1.807, 2.05) is 18.2 Å². The van der Waals surface area contributed by atoms with Crippen LogP contribution in [-0.4, -0.2) is 35.6 Å². The van der Waals surface area contributed by atoms with Crippen molar-refractivity contribution < 1.29 is 19.1 Å². The average Bonchev–Trinajstić information content (AvgIpc) is 3.31. The number of likely N-dealkylation sites (tertiary alicyclic amines) is 1. The molecule has 0 aliphatic carbocycles. The van der Waals surface area contributed by atoms with Crippen molar-refractivity contribution in [2.45, 2.75) is 25.9 Å². The van der Waals surface area contributed by atoms with Crippen LogP contribution < -0.4 is 0 Å². The van der Waals surface area contributed by atoms with Gasteiger partial charge >= 0.3 is 5.97 Å². The topological polar surface area (TPSA) is 63.7 Å². The highest BCUT2D eigenvalue weighted by molar-refractivity contribution is 7.15. The number of benzene rings is 1. The molecule has 3 rings (SSSR count). The van der Waals surface area contributed by atoms with E-state index in [1.165, 1.54) is 6.92 Å². The minimum atomic E-state index is -0.963. The van der Waals surface area contributed by atoms with Gasteiger partial charge in [-0.15, -0.1) is 11.3 Å². The molecule has 0 unspecified atom stereocenters. The molecule has 1 atom stereocenters. The summed E-state index contributed by atoms with van der Waals surface area (Å²) in [6, 6.07) is 12.2. The summed E-state index contributed by atoms with van der Waals surface area (Å²) in [6.07, 6.45) is 0.969. The fraction of sp³-hybridized carbons (Fsp3) is 0.316. The van der Waals surface area contributed by atoms with Gasteiger partial charge in [0.15, 0.2) is 5.78 Å². The Morgan fingerprint density at radius 3 is 2.24 bits per heavy atom. The Morgan fingerprint density at radius 2 is 1.64 bits per heavy atom. The number of ketones is 1. The number of carbonyl (C=O) groups excluding carboxylic acids is 3. The maximum atomic E-state index is 12.8. The molecule has 1 saturated heterocycles. The first-order chi connectivity index (χ1) is 12.1. The summed E-state index contributed by atoms with van der Waals surface area (Å²) in [5, 5.41) is 0. The van der Waals surface area contributed by atoms with Crippen molar-refractivity contribution in [1.29, 1.82) is 0 Å². The normalized spacial score (nSPS) is 15.0. The van der Waals surface area contributed by atoms with Gasteiger partial charge in [-0.3, -0.25) is 9.59 Å². The molecule has 1 aromatic carbocycles. The molecule has 1 amide bonds. The zero-order valence-electron chi connectivity index (χ0n) is 13.9. The van der Waals surface area contributed by atoms with E-state index in [4.69, 9.17) is 4.74 Å². The fourth-order valence-electron chi connectivity index (χ4n) is 2.79. The molecule has 0 N–H and O–H groups in total. The third-order valence-corrected chi connectivity index (χ3v) is 5.29. The molecular formula is C19H19NO4S. The number of Topliss-reactive ketones (excluding diaryl/α,β-unsaturated/α-hetero) is 1. The molecule has 0 radical (unpaired) electrons. The van der Waals surface area contributed by atoms with Crippen molar-refractivity contribution in [2.24, 2.45) is 0 Å². The van der Waals surface area contributed by atoms with Crippen molar-refractivity contribution in [3.8, 4) is 0 Å². The summed E-state index contributed by atoms with van der Waals surface area (Å²) in [4.78, 5) is 39.3. The Bertz CT molecular complexity index is 778. The Hall–Kier alpha value is -2.47. The molecule has 0 bridgehead atoms. The van der Waals surface area contributed by atoms with Crippen molar-refractivity contribution in [3.05, 3.63) is 57.8 Å². The maximum absolute atomic E-state index is 12.8. The van der Waals surface area contributed by atoms with Crippen molar-refractivity contribution in [1.82, 2.24) is 4.90 Å². The van der Waals surface area contributed by atoms with E-state index < -0.39 is 12.1 Å². The molecular weight excluding hydrogens is 338 g/mol. The van der Waals surface area contributed by atoms with Crippen LogP contribution in [0.1, 0.15) is 50.8 Å². The lowest BCUT2D eigenvalue weighted by Crippen LogP contribution is -2.34. The lowest BCUT2D eigenvalue weighted by molar-refractivity contribution is -0.140. The highest BCUT2D eigenvalue weighted by Gasteiger charge is 2.31. The first-order valence-corrected chi connectivity index (χ1v) is 9.03. The number of carbonyl (C=O) groups is 3. The molecule has 0 saturated carbocycles. The molecule has 6 heteroatoms. The minimum absolute atomic E-state index is 0.100. The SMILES string of the molecule is CC(=O)c1ccc(C(=O)O[C@@H](C(=O)N2CCCC2)c2ccccc2)s1. The third-order valence-electron chi connectivity index (χ3n) is 4.12. The summed E-state index contributed by atoms with van der Waals surface area (Å²) in [5.74, 6) is -0.879. The van der Waals surface area contributed by atoms with Gasteiger partial charge in [-0.25, -0.2) is 4.79 Å². The molecule has 1 aliphatic rings. The van der Waals surface area contributed by atoms with Crippen LogP contribution in [0.3, 0.4) is 0 Å². The van der Waals surface area contributed by atoms with E-state index in [0.29, 0.717) is 28.4 Å². The van der Waals surface area contributed by atoms with Crippen molar-refractivity contribution in [3.63, 3.8) is 0 Å².